The van der Waals surface area contributed by atoms with E-state index in [0.29, 0.717) is 24.9 Å². The van der Waals surface area contributed by atoms with Crippen LogP contribution in [0.3, 0.4) is 0 Å². The summed E-state index contributed by atoms with van der Waals surface area (Å²) in [5.74, 6) is 1.57. The lowest BCUT2D eigenvalue weighted by Gasteiger charge is -2.22. The number of rotatable bonds is 8. The van der Waals surface area contributed by atoms with Crippen LogP contribution in [0.4, 0.5) is 5.69 Å². The van der Waals surface area contributed by atoms with Gasteiger partial charge in [0.1, 0.15) is 5.82 Å². The summed E-state index contributed by atoms with van der Waals surface area (Å²) in [5, 5.41) is 18.5. The van der Waals surface area contributed by atoms with Gasteiger partial charge in [-0.15, -0.1) is 10.2 Å². The summed E-state index contributed by atoms with van der Waals surface area (Å²) < 4.78 is 2.21. The van der Waals surface area contributed by atoms with Crippen LogP contribution in [0.25, 0.3) is 0 Å². The number of aromatic nitrogens is 3. The molecule has 7 heteroatoms. The quantitative estimate of drug-likeness (QED) is 0.618. The van der Waals surface area contributed by atoms with Crippen LogP contribution in [0.1, 0.15) is 62.0 Å². The molecular formula is C21H27N5OS. The normalized spacial score (nSPS) is 13.6. The molecule has 0 unspecified atom stereocenters. The largest absolute Gasteiger partial charge is 0.311 e. The first-order valence-corrected chi connectivity index (χ1v) is 10.7. The van der Waals surface area contributed by atoms with Crippen molar-refractivity contribution in [2.45, 2.75) is 64.1 Å². The number of anilines is 1. The molecule has 3 rings (SSSR count). The van der Waals surface area contributed by atoms with Crippen molar-refractivity contribution in [1.82, 2.24) is 14.8 Å². The summed E-state index contributed by atoms with van der Waals surface area (Å²) in [6.45, 7) is 8.66. The van der Waals surface area contributed by atoms with E-state index in [9.17, 15) is 4.79 Å². The molecule has 1 aromatic carbocycles. The molecule has 1 amide bonds. The number of amides is 1. The molecule has 0 atom stereocenters. The Morgan fingerprint density at radius 2 is 1.96 bits per heavy atom. The van der Waals surface area contributed by atoms with Gasteiger partial charge in [0, 0.05) is 24.2 Å². The first kappa shape index (κ1) is 20.4. The fourth-order valence-electron chi connectivity index (χ4n) is 3.33. The molecule has 2 aromatic rings. The molecule has 28 heavy (non-hydrogen) atoms. The molecular weight excluding hydrogens is 370 g/mol. The maximum atomic E-state index is 13.0. The van der Waals surface area contributed by atoms with Gasteiger partial charge in [-0.3, -0.25) is 4.79 Å². The molecule has 148 valence electrons. The zero-order chi connectivity index (χ0) is 20.3. The van der Waals surface area contributed by atoms with Gasteiger partial charge in [-0.25, -0.2) is 0 Å². The third-order valence-electron chi connectivity index (χ3n) is 4.71. The van der Waals surface area contributed by atoms with Crippen molar-refractivity contribution in [3.8, 4) is 6.07 Å². The standard InChI is InChI=1S/C21H27N5OS/c1-14(2)20-23-24-21(26(20)17-6-7-17)28-13-19(27)25(9-5-8-22)18-11-15(3)10-16(4)12-18/h10-12,14,17H,5-7,9,13H2,1-4H3. The topological polar surface area (TPSA) is 74.8 Å². The van der Waals surface area contributed by atoms with E-state index in [0.717, 1.165) is 40.6 Å². The molecule has 0 aliphatic heterocycles. The highest BCUT2D eigenvalue weighted by atomic mass is 32.2. The van der Waals surface area contributed by atoms with Gasteiger partial charge in [-0.2, -0.15) is 5.26 Å². The fourth-order valence-corrected chi connectivity index (χ4v) is 4.22. The van der Waals surface area contributed by atoms with Crippen molar-refractivity contribution < 1.29 is 4.79 Å². The van der Waals surface area contributed by atoms with Gasteiger partial charge in [0.2, 0.25) is 5.91 Å². The van der Waals surface area contributed by atoms with Crippen molar-refractivity contribution in [3.63, 3.8) is 0 Å². The van der Waals surface area contributed by atoms with E-state index in [1.54, 1.807) is 4.90 Å². The second kappa shape index (κ2) is 8.78. The Morgan fingerprint density at radius 3 is 2.54 bits per heavy atom. The summed E-state index contributed by atoms with van der Waals surface area (Å²) in [4.78, 5) is 14.7. The van der Waals surface area contributed by atoms with Gasteiger partial charge in [0.05, 0.1) is 18.2 Å². The second-order valence-electron chi connectivity index (χ2n) is 7.68. The number of hydrogen-bond donors (Lipinski definition) is 0. The number of carbonyl (C=O) groups is 1. The first-order chi connectivity index (χ1) is 13.4. The summed E-state index contributed by atoms with van der Waals surface area (Å²) in [5.41, 5.74) is 3.06. The van der Waals surface area contributed by atoms with Crippen molar-refractivity contribution in [3.05, 3.63) is 35.2 Å². The molecule has 0 N–H and O–H groups in total. The molecule has 6 nitrogen and oxygen atoms in total. The van der Waals surface area contributed by atoms with Crippen LogP contribution in [0.15, 0.2) is 23.4 Å². The smallest absolute Gasteiger partial charge is 0.237 e. The molecule has 1 heterocycles. The second-order valence-corrected chi connectivity index (χ2v) is 8.63. The van der Waals surface area contributed by atoms with E-state index in [1.807, 2.05) is 26.0 Å². The number of hydrogen-bond acceptors (Lipinski definition) is 5. The highest BCUT2D eigenvalue weighted by Crippen LogP contribution is 2.40. The third-order valence-corrected chi connectivity index (χ3v) is 5.64. The van der Waals surface area contributed by atoms with E-state index in [2.05, 4.69) is 40.7 Å². The molecule has 1 aliphatic rings. The Labute approximate surface area is 170 Å². The van der Waals surface area contributed by atoms with Crippen molar-refractivity contribution in [2.24, 2.45) is 0 Å². The number of nitriles is 1. The Bertz CT molecular complexity index is 874. The molecule has 0 saturated heterocycles. The van der Waals surface area contributed by atoms with Crippen LogP contribution in [0.5, 0.6) is 0 Å². The SMILES string of the molecule is Cc1cc(C)cc(N(CCC#N)C(=O)CSc2nnc(C(C)C)n2C2CC2)c1. The third kappa shape index (κ3) is 4.74. The highest BCUT2D eigenvalue weighted by molar-refractivity contribution is 7.99. The summed E-state index contributed by atoms with van der Waals surface area (Å²) in [6.07, 6.45) is 2.60. The Balaban J connectivity index is 1.77. The van der Waals surface area contributed by atoms with Gasteiger partial charge < -0.3 is 9.47 Å². The Kier molecular flexibility index (Phi) is 6.40. The lowest BCUT2D eigenvalue weighted by Crippen LogP contribution is -2.33. The van der Waals surface area contributed by atoms with E-state index < -0.39 is 0 Å². The van der Waals surface area contributed by atoms with E-state index in [-0.39, 0.29) is 11.7 Å². The van der Waals surface area contributed by atoms with Crippen LogP contribution in [0.2, 0.25) is 0 Å². The van der Waals surface area contributed by atoms with Gasteiger partial charge in [0.15, 0.2) is 5.16 Å². The van der Waals surface area contributed by atoms with E-state index in [4.69, 9.17) is 5.26 Å². The van der Waals surface area contributed by atoms with Crippen molar-refractivity contribution >= 4 is 23.4 Å². The predicted octanol–water partition coefficient (Wildman–Crippen LogP) is 4.39. The minimum atomic E-state index is -0.0123. The Hall–Kier alpha value is -2.33. The number of aryl methyl sites for hydroxylation is 2. The van der Waals surface area contributed by atoms with Crippen LogP contribution in [-0.2, 0) is 4.79 Å². The minimum Gasteiger partial charge on any atom is -0.311 e. The average molecular weight is 398 g/mol. The maximum absolute atomic E-state index is 13.0. The van der Waals surface area contributed by atoms with Crippen LogP contribution in [0, 0.1) is 25.2 Å². The Morgan fingerprint density at radius 1 is 1.29 bits per heavy atom. The molecule has 0 bridgehead atoms. The van der Waals surface area contributed by atoms with Crippen LogP contribution < -0.4 is 4.90 Å². The van der Waals surface area contributed by atoms with Crippen LogP contribution >= 0.6 is 11.8 Å². The molecule has 1 aromatic heterocycles. The van der Waals surface area contributed by atoms with Crippen molar-refractivity contribution in [2.75, 3.05) is 17.2 Å². The number of benzene rings is 1. The predicted molar refractivity (Wildman–Crippen MR) is 112 cm³/mol. The summed E-state index contributed by atoms with van der Waals surface area (Å²) in [6, 6.07) is 8.69. The van der Waals surface area contributed by atoms with Gasteiger partial charge in [0.25, 0.3) is 0 Å². The fraction of sp³-hybridized carbons (Fsp3) is 0.524. The minimum absolute atomic E-state index is 0.0123. The first-order valence-electron chi connectivity index (χ1n) is 9.74. The summed E-state index contributed by atoms with van der Waals surface area (Å²) >= 11 is 1.44. The maximum Gasteiger partial charge on any atom is 0.237 e. The highest BCUT2D eigenvalue weighted by Gasteiger charge is 2.31. The lowest BCUT2D eigenvalue weighted by atomic mass is 10.1. The van der Waals surface area contributed by atoms with Crippen molar-refractivity contribution in [1.29, 1.82) is 5.26 Å². The number of carbonyl (C=O) groups excluding carboxylic acids is 1. The molecule has 1 saturated carbocycles. The molecule has 0 radical (unpaired) electrons. The molecule has 1 fully saturated rings. The lowest BCUT2D eigenvalue weighted by molar-refractivity contribution is -0.116. The molecule has 0 spiro atoms. The van der Waals surface area contributed by atoms with Gasteiger partial charge >= 0.3 is 0 Å². The monoisotopic (exact) mass is 397 g/mol. The van der Waals surface area contributed by atoms with E-state index in [1.165, 1.54) is 11.8 Å². The number of nitrogens with zero attached hydrogens (tertiary/aromatic N) is 5. The van der Waals surface area contributed by atoms with Gasteiger partial charge in [-0.05, 0) is 49.9 Å². The zero-order valence-electron chi connectivity index (χ0n) is 17.0. The molecule has 1 aliphatic carbocycles. The average Bonchev–Trinajstić information content (AvgIpc) is 3.38. The summed E-state index contributed by atoms with van der Waals surface area (Å²) in [7, 11) is 0. The van der Waals surface area contributed by atoms with Gasteiger partial charge in [-0.1, -0.05) is 31.7 Å². The van der Waals surface area contributed by atoms with E-state index >= 15 is 0 Å². The van der Waals surface area contributed by atoms with Crippen LogP contribution in [-0.4, -0.2) is 33.0 Å². The number of thioether (sulfide) groups is 1. The zero-order valence-corrected chi connectivity index (χ0v) is 17.8.